The SMILES string of the molecule is C[C@H](NC(=O)OC(C)(C)C)[C@@H]1CCCCN1Cc1ccno1. The Hall–Kier alpha value is -1.56. The Morgan fingerprint density at radius 2 is 2.32 bits per heavy atom. The Morgan fingerprint density at radius 1 is 1.55 bits per heavy atom. The molecule has 0 aromatic carbocycles. The minimum absolute atomic E-state index is 0.0260. The predicted molar refractivity (Wildman–Crippen MR) is 83.4 cm³/mol. The van der Waals surface area contributed by atoms with Gasteiger partial charge in [-0.1, -0.05) is 11.6 Å². The van der Waals surface area contributed by atoms with Crippen molar-refractivity contribution in [2.24, 2.45) is 0 Å². The second kappa shape index (κ2) is 7.13. The molecule has 1 amide bonds. The summed E-state index contributed by atoms with van der Waals surface area (Å²) in [5.74, 6) is 0.858. The van der Waals surface area contributed by atoms with Gasteiger partial charge in [-0.25, -0.2) is 4.79 Å². The Bertz CT molecular complexity index is 467. The molecular formula is C16H27N3O3. The number of ether oxygens (including phenoxy) is 1. The molecule has 0 spiro atoms. The van der Waals surface area contributed by atoms with Gasteiger partial charge in [0.2, 0.25) is 0 Å². The summed E-state index contributed by atoms with van der Waals surface area (Å²) in [7, 11) is 0. The Morgan fingerprint density at radius 3 is 2.95 bits per heavy atom. The van der Waals surface area contributed by atoms with Gasteiger partial charge >= 0.3 is 6.09 Å². The highest BCUT2D eigenvalue weighted by Crippen LogP contribution is 2.22. The van der Waals surface area contributed by atoms with Crippen molar-refractivity contribution in [2.45, 2.75) is 71.2 Å². The average Bonchev–Trinajstić information content (AvgIpc) is 2.89. The monoisotopic (exact) mass is 309 g/mol. The van der Waals surface area contributed by atoms with Crippen molar-refractivity contribution < 1.29 is 14.1 Å². The van der Waals surface area contributed by atoms with Crippen molar-refractivity contribution in [3.8, 4) is 0 Å². The number of rotatable bonds is 4. The van der Waals surface area contributed by atoms with E-state index in [1.807, 2.05) is 33.8 Å². The van der Waals surface area contributed by atoms with Gasteiger partial charge in [-0.2, -0.15) is 0 Å². The van der Waals surface area contributed by atoms with Crippen LogP contribution in [0.5, 0.6) is 0 Å². The number of carbonyl (C=O) groups is 1. The van der Waals surface area contributed by atoms with Crippen molar-refractivity contribution in [3.63, 3.8) is 0 Å². The number of hydrogen-bond acceptors (Lipinski definition) is 5. The number of alkyl carbamates (subject to hydrolysis) is 1. The molecule has 0 saturated carbocycles. The molecule has 2 rings (SSSR count). The lowest BCUT2D eigenvalue weighted by Gasteiger charge is -2.39. The van der Waals surface area contributed by atoms with Crippen LogP contribution in [-0.4, -0.2) is 40.4 Å². The predicted octanol–water partition coefficient (Wildman–Crippen LogP) is 2.94. The van der Waals surface area contributed by atoms with E-state index >= 15 is 0 Å². The van der Waals surface area contributed by atoms with Crippen molar-refractivity contribution in [1.82, 2.24) is 15.4 Å². The summed E-state index contributed by atoms with van der Waals surface area (Å²) in [6.07, 6.45) is 4.72. The summed E-state index contributed by atoms with van der Waals surface area (Å²) in [4.78, 5) is 14.3. The van der Waals surface area contributed by atoms with Gasteiger partial charge < -0.3 is 14.6 Å². The van der Waals surface area contributed by atoms with E-state index < -0.39 is 5.60 Å². The van der Waals surface area contributed by atoms with Crippen LogP contribution >= 0.6 is 0 Å². The van der Waals surface area contributed by atoms with Crippen LogP contribution in [0.15, 0.2) is 16.8 Å². The molecule has 1 fully saturated rings. The van der Waals surface area contributed by atoms with Crippen LogP contribution in [0.1, 0.15) is 52.7 Å². The zero-order chi connectivity index (χ0) is 16.2. The number of amides is 1. The molecule has 2 heterocycles. The normalized spacial score (nSPS) is 21.4. The number of aromatic nitrogens is 1. The van der Waals surface area contributed by atoms with Crippen molar-refractivity contribution >= 4 is 6.09 Å². The molecule has 6 heteroatoms. The van der Waals surface area contributed by atoms with Crippen LogP contribution in [0, 0.1) is 0 Å². The Balaban J connectivity index is 1.93. The van der Waals surface area contributed by atoms with Gasteiger partial charge in [0.05, 0.1) is 12.7 Å². The van der Waals surface area contributed by atoms with Crippen LogP contribution < -0.4 is 5.32 Å². The summed E-state index contributed by atoms with van der Waals surface area (Å²) in [5, 5.41) is 6.72. The third kappa shape index (κ3) is 5.02. The molecule has 1 aliphatic rings. The van der Waals surface area contributed by atoms with Gasteiger partial charge in [0, 0.05) is 18.2 Å². The van der Waals surface area contributed by atoms with E-state index in [2.05, 4.69) is 15.4 Å². The zero-order valence-electron chi connectivity index (χ0n) is 14.0. The average molecular weight is 309 g/mol. The number of likely N-dealkylation sites (tertiary alicyclic amines) is 1. The summed E-state index contributed by atoms with van der Waals surface area (Å²) in [6.45, 7) is 9.38. The highest BCUT2D eigenvalue weighted by Gasteiger charge is 2.30. The van der Waals surface area contributed by atoms with Crippen LogP contribution in [0.4, 0.5) is 4.79 Å². The standard InChI is InChI=1S/C16H27N3O3/c1-12(18-15(20)21-16(2,3)4)14-7-5-6-10-19(14)11-13-8-9-17-22-13/h8-9,12,14H,5-7,10-11H2,1-4H3,(H,18,20)/t12-,14-/m0/s1. The van der Waals surface area contributed by atoms with E-state index in [0.717, 1.165) is 25.3 Å². The molecule has 6 nitrogen and oxygen atoms in total. The first kappa shape index (κ1) is 16.8. The van der Waals surface area contributed by atoms with E-state index in [1.165, 1.54) is 12.8 Å². The van der Waals surface area contributed by atoms with Crippen molar-refractivity contribution in [2.75, 3.05) is 6.54 Å². The van der Waals surface area contributed by atoms with Gasteiger partial charge in [0.25, 0.3) is 0 Å². The lowest BCUT2D eigenvalue weighted by molar-refractivity contribution is 0.0428. The molecule has 0 bridgehead atoms. The first-order valence-electron chi connectivity index (χ1n) is 7.98. The summed E-state index contributed by atoms with van der Waals surface area (Å²) < 4.78 is 10.6. The second-order valence-corrected chi connectivity index (χ2v) is 6.95. The summed E-state index contributed by atoms with van der Waals surface area (Å²) in [6, 6.07) is 2.20. The summed E-state index contributed by atoms with van der Waals surface area (Å²) >= 11 is 0. The van der Waals surface area contributed by atoms with Gasteiger partial charge in [-0.3, -0.25) is 4.90 Å². The van der Waals surface area contributed by atoms with Crippen LogP contribution in [0.3, 0.4) is 0 Å². The molecule has 0 radical (unpaired) electrons. The number of hydrogen-bond donors (Lipinski definition) is 1. The smallest absolute Gasteiger partial charge is 0.407 e. The zero-order valence-corrected chi connectivity index (χ0v) is 14.0. The molecule has 0 aliphatic carbocycles. The minimum atomic E-state index is -0.476. The molecule has 1 saturated heterocycles. The van der Waals surface area contributed by atoms with Crippen molar-refractivity contribution in [3.05, 3.63) is 18.0 Å². The fourth-order valence-electron chi connectivity index (χ4n) is 2.89. The molecular weight excluding hydrogens is 282 g/mol. The first-order valence-corrected chi connectivity index (χ1v) is 7.98. The fraction of sp³-hybridized carbons (Fsp3) is 0.750. The van der Waals surface area contributed by atoms with Gasteiger partial charge in [-0.05, 0) is 47.1 Å². The van der Waals surface area contributed by atoms with Gasteiger partial charge in [-0.15, -0.1) is 0 Å². The number of nitrogens with zero attached hydrogens (tertiary/aromatic N) is 2. The van der Waals surface area contributed by atoms with E-state index in [9.17, 15) is 4.79 Å². The van der Waals surface area contributed by atoms with Crippen LogP contribution in [0.2, 0.25) is 0 Å². The molecule has 1 aromatic heterocycles. The largest absolute Gasteiger partial charge is 0.444 e. The van der Waals surface area contributed by atoms with E-state index in [1.54, 1.807) is 6.20 Å². The topological polar surface area (TPSA) is 67.6 Å². The molecule has 0 unspecified atom stereocenters. The van der Waals surface area contributed by atoms with E-state index in [-0.39, 0.29) is 18.2 Å². The quantitative estimate of drug-likeness (QED) is 0.926. The lowest BCUT2D eigenvalue weighted by Crippen LogP contribution is -2.52. The Labute approximate surface area is 132 Å². The second-order valence-electron chi connectivity index (χ2n) is 6.95. The van der Waals surface area contributed by atoms with Crippen LogP contribution in [-0.2, 0) is 11.3 Å². The highest BCUT2D eigenvalue weighted by molar-refractivity contribution is 5.68. The molecule has 22 heavy (non-hydrogen) atoms. The molecule has 1 aliphatic heterocycles. The first-order chi connectivity index (χ1) is 10.3. The van der Waals surface area contributed by atoms with Crippen LogP contribution in [0.25, 0.3) is 0 Å². The maximum Gasteiger partial charge on any atom is 0.407 e. The third-order valence-electron chi connectivity index (χ3n) is 3.84. The number of nitrogens with one attached hydrogen (secondary N) is 1. The van der Waals surface area contributed by atoms with E-state index in [4.69, 9.17) is 9.26 Å². The number of carbonyl (C=O) groups excluding carboxylic acids is 1. The maximum atomic E-state index is 12.0. The molecule has 1 N–H and O–H groups in total. The lowest BCUT2D eigenvalue weighted by atomic mass is 9.96. The van der Waals surface area contributed by atoms with Gasteiger partial charge in [0.15, 0.2) is 5.76 Å². The fourth-order valence-corrected chi connectivity index (χ4v) is 2.89. The van der Waals surface area contributed by atoms with Crippen molar-refractivity contribution in [1.29, 1.82) is 0 Å². The highest BCUT2D eigenvalue weighted by atomic mass is 16.6. The van der Waals surface area contributed by atoms with E-state index in [0.29, 0.717) is 0 Å². The number of piperidine rings is 1. The Kier molecular flexibility index (Phi) is 5.45. The molecule has 1 aromatic rings. The summed E-state index contributed by atoms with van der Waals surface area (Å²) in [5.41, 5.74) is -0.476. The third-order valence-corrected chi connectivity index (χ3v) is 3.84. The molecule has 124 valence electrons. The molecule has 2 atom stereocenters. The maximum absolute atomic E-state index is 12.0. The van der Waals surface area contributed by atoms with Gasteiger partial charge in [0.1, 0.15) is 5.60 Å². The minimum Gasteiger partial charge on any atom is -0.444 e.